The van der Waals surface area contributed by atoms with Gasteiger partial charge >= 0.3 is 0 Å². The molecule has 2 N–H and O–H groups in total. The number of amides is 2. The first-order valence-electron chi connectivity index (χ1n) is 7.01. The summed E-state index contributed by atoms with van der Waals surface area (Å²) in [6, 6.07) is 5.37. The first-order chi connectivity index (χ1) is 10.8. The van der Waals surface area contributed by atoms with Gasteiger partial charge < -0.3 is 0 Å². The SMILES string of the molecule is Cc1ccc(/C=C/C(=O)NNC(=O)[C@@H]2CCS(=O)(=O)C2)cc1Cl. The molecule has 1 saturated heterocycles. The highest BCUT2D eigenvalue weighted by Crippen LogP contribution is 2.18. The number of nitrogens with one attached hydrogen (secondary N) is 2. The van der Waals surface area contributed by atoms with Gasteiger partial charge in [-0.2, -0.15) is 0 Å². The number of sulfone groups is 1. The predicted molar refractivity (Wildman–Crippen MR) is 88.3 cm³/mol. The highest BCUT2D eigenvalue weighted by molar-refractivity contribution is 7.91. The Kier molecular flexibility index (Phi) is 5.43. The van der Waals surface area contributed by atoms with E-state index in [1.165, 1.54) is 6.08 Å². The van der Waals surface area contributed by atoms with Crippen molar-refractivity contribution in [3.63, 3.8) is 0 Å². The average Bonchev–Trinajstić information content (AvgIpc) is 2.86. The topological polar surface area (TPSA) is 92.3 Å². The van der Waals surface area contributed by atoms with Crippen LogP contribution in [0, 0.1) is 12.8 Å². The van der Waals surface area contributed by atoms with Crippen molar-refractivity contribution in [1.29, 1.82) is 0 Å². The monoisotopic (exact) mass is 356 g/mol. The van der Waals surface area contributed by atoms with Crippen LogP contribution in [0.1, 0.15) is 17.5 Å². The number of aryl methyl sites for hydroxylation is 1. The molecule has 0 spiro atoms. The molecule has 0 radical (unpaired) electrons. The number of benzene rings is 1. The molecule has 0 bridgehead atoms. The standard InChI is InChI=1S/C15H17ClN2O4S/c1-10-2-3-11(8-13(10)16)4-5-14(19)17-18-15(20)12-6-7-23(21,22)9-12/h2-5,8,12H,6-7,9H2,1H3,(H,17,19)(H,18,20)/b5-4+/t12-/m1/s1. The summed E-state index contributed by atoms with van der Waals surface area (Å²) < 4.78 is 22.6. The Morgan fingerprint density at radius 1 is 1.30 bits per heavy atom. The lowest BCUT2D eigenvalue weighted by Crippen LogP contribution is -2.44. The molecular weight excluding hydrogens is 340 g/mol. The Morgan fingerprint density at radius 2 is 2.04 bits per heavy atom. The van der Waals surface area contributed by atoms with Crippen LogP contribution in [0.15, 0.2) is 24.3 Å². The Hall–Kier alpha value is -1.86. The Morgan fingerprint density at radius 3 is 2.65 bits per heavy atom. The average molecular weight is 357 g/mol. The van der Waals surface area contributed by atoms with Gasteiger partial charge in [-0.05, 0) is 36.6 Å². The maximum Gasteiger partial charge on any atom is 0.262 e. The fourth-order valence-electron chi connectivity index (χ4n) is 2.15. The van der Waals surface area contributed by atoms with Crippen molar-refractivity contribution in [3.05, 3.63) is 40.4 Å². The molecule has 1 heterocycles. The van der Waals surface area contributed by atoms with Crippen LogP contribution >= 0.6 is 11.6 Å². The van der Waals surface area contributed by atoms with E-state index < -0.39 is 27.6 Å². The van der Waals surface area contributed by atoms with Gasteiger partial charge in [-0.15, -0.1) is 0 Å². The van der Waals surface area contributed by atoms with Crippen LogP contribution in [0.5, 0.6) is 0 Å². The molecule has 0 aliphatic carbocycles. The Bertz CT molecular complexity index is 759. The number of hydrazine groups is 1. The molecule has 1 atom stereocenters. The van der Waals surface area contributed by atoms with E-state index in [1.807, 2.05) is 19.1 Å². The molecule has 1 aromatic carbocycles. The zero-order chi connectivity index (χ0) is 17.0. The summed E-state index contributed by atoms with van der Waals surface area (Å²) in [5.41, 5.74) is 6.16. The van der Waals surface area contributed by atoms with E-state index in [0.29, 0.717) is 5.02 Å². The van der Waals surface area contributed by atoms with Gasteiger partial charge in [0.2, 0.25) is 5.91 Å². The van der Waals surface area contributed by atoms with Gasteiger partial charge in [-0.1, -0.05) is 23.7 Å². The van der Waals surface area contributed by atoms with E-state index in [2.05, 4.69) is 10.9 Å². The summed E-state index contributed by atoms with van der Waals surface area (Å²) >= 11 is 5.99. The third kappa shape index (κ3) is 5.07. The maximum atomic E-state index is 11.8. The maximum absolute atomic E-state index is 11.8. The van der Waals surface area contributed by atoms with Crippen molar-refractivity contribution >= 4 is 39.3 Å². The fraction of sp³-hybridized carbons (Fsp3) is 0.333. The number of rotatable bonds is 3. The molecular formula is C15H17ClN2O4S. The van der Waals surface area contributed by atoms with Crippen LogP contribution in [-0.2, 0) is 19.4 Å². The Balaban J connectivity index is 1.84. The molecule has 23 heavy (non-hydrogen) atoms. The van der Waals surface area contributed by atoms with Gasteiger partial charge in [-0.3, -0.25) is 20.4 Å². The first kappa shape index (κ1) is 17.5. The van der Waals surface area contributed by atoms with Gasteiger partial charge in [-0.25, -0.2) is 8.42 Å². The van der Waals surface area contributed by atoms with Crippen molar-refractivity contribution in [3.8, 4) is 0 Å². The van der Waals surface area contributed by atoms with E-state index >= 15 is 0 Å². The predicted octanol–water partition coefficient (Wildman–Crippen LogP) is 1.24. The van der Waals surface area contributed by atoms with Crippen molar-refractivity contribution in [2.45, 2.75) is 13.3 Å². The second-order valence-corrected chi connectivity index (χ2v) is 8.06. The summed E-state index contributed by atoms with van der Waals surface area (Å²) in [6.07, 6.45) is 3.10. The largest absolute Gasteiger partial charge is 0.273 e. The van der Waals surface area contributed by atoms with Crippen LogP contribution in [0.4, 0.5) is 0 Å². The van der Waals surface area contributed by atoms with E-state index in [1.54, 1.807) is 12.1 Å². The van der Waals surface area contributed by atoms with Gasteiger partial charge in [0.05, 0.1) is 17.4 Å². The molecule has 0 aromatic heterocycles. The first-order valence-corrected chi connectivity index (χ1v) is 9.21. The van der Waals surface area contributed by atoms with Crippen LogP contribution in [0.2, 0.25) is 5.02 Å². The molecule has 1 aromatic rings. The summed E-state index contributed by atoms with van der Waals surface area (Å²) in [5.74, 6) is -1.79. The van der Waals surface area contributed by atoms with E-state index in [4.69, 9.17) is 11.6 Å². The van der Waals surface area contributed by atoms with E-state index in [9.17, 15) is 18.0 Å². The fourth-order valence-corrected chi connectivity index (χ4v) is 4.08. The zero-order valence-corrected chi connectivity index (χ0v) is 14.1. The number of hydrogen-bond donors (Lipinski definition) is 2. The van der Waals surface area contributed by atoms with Crippen molar-refractivity contribution in [2.24, 2.45) is 5.92 Å². The summed E-state index contributed by atoms with van der Waals surface area (Å²) in [5, 5.41) is 0.600. The van der Waals surface area contributed by atoms with Gasteiger partial charge in [0.15, 0.2) is 9.84 Å². The number of carbonyl (C=O) groups excluding carboxylic acids is 2. The molecule has 0 saturated carbocycles. The number of carbonyl (C=O) groups is 2. The van der Waals surface area contributed by atoms with Crippen LogP contribution in [0.3, 0.4) is 0 Å². The third-order valence-corrected chi connectivity index (χ3v) is 5.71. The van der Waals surface area contributed by atoms with Gasteiger partial charge in [0, 0.05) is 11.1 Å². The highest BCUT2D eigenvalue weighted by Gasteiger charge is 2.32. The third-order valence-electron chi connectivity index (χ3n) is 3.54. The van der Waals surface area contributed by atoms with Crippen molar-refractivity contribution in [1.82, 2.24) is 10.9 Å². The molecule has 1 fully saturated rings. The smallest absolute Gasteiger partial charge is 0.262 e. The minimum atomic E-state index is -3.13. The van der Waals surface area contributed by atoms with Gasteiger partial charge in [0.1, 0.15) is 0 Å². The molecule has 2 amide bonds. The minimum absolute atomic E-state index is 0.00706. The molecule has 124 valence electrons. The minimum Gasteiger partial charge on any atom is -0.273 e. The lowest BCUT2D eigenvalue weighted by atomic mass is 10.1. The molecule has 0 unspecified atom stereocenters. The molecule has 6 nitrogen and oxygen atoms in total. The summed E-state index contributed by atoms with van der Waals surface area (Å²) in [6.45, 7) is 1.88. The normalized spacial score (nSPS) is 19.7. The van der Waals surface area contributed by atoms with Gasteiger partial charge in [0.25, 0.3) is 5.91 Å². The van der Waals surface area contributed by atoms with Crippen LogP contribution in [-0.4, -0.2) is 31.7 Å². The number of halogens is 1. The van der Waals surface area contributed by atoms with Crippen LogP contribution in [0.25, 0.3) is 6.08 Å². The second kappa shape index (κ2) is 7.14. The number of hydrogen-bond acceptors (Lipinski definition) is 4. The Labute approximate surface area is 139 Å². The zero-order valence-electron chi connectivity index (χ0n) is 12.5. The molecule has 1 aliphatic heterocycles. The van der Waals surface area contributed by atoms with Crippen molar-refractivity contribution < 1.29 is 18.0 Å². The molecule has 1 aliphatic rings. The second-order valence-electron chi connectivity index (χ2n) is 5.42. The lowest BCUT2D eigenvalue weighted by Gasteiger charge is -2.09. The van der Waals surface area contributed by atoms with E-state index in [0.717, 1.165) is 11.1 Å². The van der Waals surface area contributed by atoms with E-state index in [-0.39, 0.29) is 17.9 Å². The van der Waals surface area contributed by atoms with Crippen molar-refractivity contribution in [2.75, 3.05) is 11.5 Å². The molecule has 8 heteroatoms. The quantitative estimate of drug-likeness (QED) is 0.629. The lowest BCUT2D eigenvalue weighted by molar-refractivity contribution is -0.129. The molecule has 2 rings (SSSR count). The summed E-state index contributed by atoms with van der Waals surface area (Å²) in [7, 11) is -3.13. The highest BCUT2D eigenvalue weighted by atomic mass is 35.5. The van der Waals surface area contributed by atoms with Crippen LogP contribution < -0.4 is 10.9 Å². The summed E-state index contributed by atoms with van der Waals surface area (Å²) in [4.78, 5) is 23.4.